The fourth-order valence-corrected chi connectivity index (χ4v) is 4.47. The molecule has 1 aromatic heterocycles. The number of nitrogens with one attached hydrogen (secondary N) is 2. The maximum atomic E-state index is 13.0. The summed E-state index contributed by atoms with van der Waals surface area (Å²) in [7, 11) is -2.58. The van der Waals surface area contributed by atoms with Gasteiger partial charge in [-0.2, -0.15) is 4.72 Å². The quantitative estimate of drug-likeness (QED) is 0.512. The van der Waals surface area contributed by atoms with Crippen LogP contribution in [0.15, 0.2) is 78.0 Å². The molecular formula is C22H22ClN3O4S. The van der Waals surface area contributed by atoms with E-state index in [1.165, 1.54) is 25.3 Å². The Morgan fingerprint density at radius 2 is 1.84 bits per heavy atom. The lowest BCUT2D eigenvalue weighted by molar-refractivity contribution is -0.122. The van der Waals surface area contributed by atoms with Crippen molar-refractivity contribution in [3.05, 3.63) is 89.2 Å². The predicted octanol–water partition coefficient (Wildman–Crippen LogP) is 2.95. The summed E-state index contributed by atoms with van der Waals surface area (Å²) in [5, 5.41) is 2.93. The van der Waals surface area contributed by atoms with Gasteiger partial charge in [0.15, 0.2) is 0 Å². The SMILES string of the molecule is COc1ccc(S(=O)(=O)N[C@H](Cc2ccccc2)C(=O)NCc2cccnc2)cc1Cl. The van der Waals surface area contributed by atoms with Crippen molar-refractivity contribution in [3.63, 3.8) is 0 Å². The van der Waals surface area contributed by atoms with Crippen LogP contribution >= 0.6 is 11.6 Å². The van der Waals surface area contributed by atoms with E-state index in [0.29, 0.717) is 5.75 Å². The third-order valence-corrected chi connectivity index (χ3v) is 6.28. The minimum atomic E-state index is -4.02. The Labute approximate surface area is 186 Å². The van der Waals surface area contributed by atoms with Crippen molar-refractivity contribution in [3.8, 4) is 5.75 Å². The third kappa shape index (κ3) is 6.27. The number of sulfonamides is 1. The van der Waals surface area contributed by atoms with Crippen molar-refractivity contribution < 1.29 is 17.9 Å². The van der Waals surface area contributed by atoms with Gasteiger partial charge in [0.25, 0.3) is 0 Å². The summed E-state index contributed by atoms with van der Waals surface area (Å²) in [4.78, 5) is 16.8. The fourth-order valence-electron chi connectivity index (χ4n) is 2.92. The van der Waals surface area contributed by atoms with Crippen LogP contribution in [0, 0.1) is 0 Å². The number of aromatic nitrogens is 1. The Morgan fingerprint density at radius 1 is 1.10 bits per heavy atom. The zero-order chi connectivity index (χ0) is 22.3. The highest BCUT2D eigenvalue weighted by Gasteiger charge is 2.26. The molecule has 162 valence electrons. The van der Waals surface area contributed by atoms with E-state index in [9.17, 15) is 13.2 Å². The van der Waals surface area contributed by atoms with Gasteiger partial charge in [0.1, 0.15) is 11.8 Å². The van der Waals surface area contributed by atoms with E-state index in [4.69, 9.17) is 16.3 Å². The number of rotatable bonds is 9. The first kappa shape index (κ1) is 22.7. The first-order valence-corrected chi connectivity index (χ1v) is 11.3. The molecule has 0 aliphatic carbocycles. The van der Waals surface area contributed by atoms with Crippen LogP contribution in [0.5, 0.6) is 5.75 Å². The van der Waals surface area contributed by atoms with Gasteiger partial charge >= 0.3 is 0 Å². The van der Waals surface area contributed by atoms with E-state index >= 15 is 0 Å². The first-order valence-electron chi connectivity index (χ1n) is 9.45. The number of methoxy groups -OCH3 is 1. The van der Waals surface area contributed by atoms with Gasteiger partial charge in [-0.15, -0.1) is 0 Å². The number of ether oxygens (including phenoxy) is 1. The second-order valence-electron chi connectivity index (χ2n) is 6.74. The lowest BCUT2D eigenvalue weighted by Gasteiger charge is -2.19. The second kappa shape index (κ2) is 10.4. The van der Waals surface area contributed by atoms with E-state index in [0.717, 1.165) is 11.1 Å². The van der Waals surface area contributed by atoms with E-state index in [2.05, 4.69) is 15.0 Å². The van der Waals surface area contributed by atoms with E-state index in [-0.39, 0.29) is 22.9 Å². The standard InChI is InChI=1S/C22H22ClN3O4S/c1-30-21-10-9-18(13-19(21)23)31(28,29)26-20(12-16-6-3-2-4-7-16)22(27)25-15-17-8-5-11-24-14-17/h2-11,13-14,20,26H,12,15H2,1H3,(H,25,27)/t20-/m1/s1. The number of hydrogen-bond donors (Lipinski definition) is 2. The van der Waals surface area contributed by atoms with Crippen molar-refractivity contribution >= 4 is 27.5 Å². The molecule has 0 fully saturated rings. The molecule has 0 saturated carbocycles. The number of carbonyl (C=O) groups is 1. The van der Waals surface area contributed by atoms with Crippen LogP contribution in [0.1, 0.15) is 11.1 Å². The average Bonchev–Trinajstić information content (AvgIpc) is 2.78. The Morgan fingerprint density at radius 3 is 2.48 bits per heavy atom. The summed E-state index contributed by atoms with van der Waals surface area (Å²) >= 11 is 6.08. The van der Waals surface area contributed by atoms with Crippen LogP contribution in [0.3, 0.4) is 0 Å². The fraction of sp³-hybridized carbons (Fsp3) is 0.182. The number of nitrogens with zero attached hydrogens (tertiary/aromatic N) is 1. The number of halogens is 1. The molecule has 9 heteroatoms. The molecule has 0 saturated heterocycles. The van der Waals surface area contributed by atoms with Crippen LogP contribution in [-0.2, 0) is 27.8 Å². The topological polar surface area (TPSA) is 97.4 Å². The van der Waals surface area contributed by atoms with Crippen LogP contribution in [0.25, 0.3) is 0 Å². The maximum absolute atomic E-state index is 13.0. The monoisotopic (exact) mass is 459 g/mol. The number of amides is 1. The van der Waals surface area contributed by atoms with E-state index in [1.54, 1.807) is 18.5 Å². The summed E-state index contributed by atoms with van der Waals surface area (Å²) < 4.78 is 33.5. The molecule has 0 bridgehead atoms. The highest BCUT2D eigenvalue weighted by atomic mass is 35.5. The highest BCUT2D eigenvalue weighted by molar-refractivity contribution is 7.89. The van der Waals surface area contributed by atoms with E-state index in [1.807, 2.05) is 36.4 Å². The third-order valence-electron chi connectivity index (χ3n) is 4.52. The molecule has 3 aromatic rings. The molecule has 0 spiro atoms. The largest absolute Gasteiger partial charge is 0.495 e. The minimum absolute atomic E-state index is 0.0589. The molecular weight excluding hydrogens is 438 g/mol. The number of carbonyl (C=O) groups excluding carboxylic acids is 1. The number of benzene rings is 2. The zero-order valence-corrected chi connectivity index (χ0v) is 18.4. The van der Waals surface area contributed by atoms with Crippen molar-refractivity contribution in [2.24, 2.45) is 0 Å². The van der Waals surface area contributed by atoms with Gasteiger partial charge in [-0.05, 0) is 41.8 Å². The molecule has 2 aromatic carbocycles. The molecule has 0 aliphatic heterocycles. The lowest BCUT2D eigenvalue weighted by Crippen LogP contribution is -2.47. The summed E-state index contributed by atoms with van der Waals surface area (Å²) in [6.45, 7) is 0.230. The van der Waals surface area contributed by atoms with Crippen LogP contribution < -0.4 is 14.8 Å². The predicted molar refractivity (Wildman–Crippen MR) is 118 cm³/mol. The van der Waals surface area contributed by atoms with Gasteiger partial charge in [0, 0.05) is 18.9 Å². The summed E-state index contributed by atoms with van der Waals surface area (Å²) in [5.74, 6) is -0.0912. The molecule has 7 nitrogen and oxygen atoms in total. The molecule has 1 heterocycles. The molecule has 0 unspecified atom stereocenters. The number of hydrogen-bond acceptors (Lipinski definition) is 5. The summed E-state index contributed by atoms with van der Waals surface area (Å²) in [6.07, 6.45) is 3.45. The summed E-state index contributed by atoms with van der Waals surface area (Å²) in [6, 6.07) is 15.9. The minimum Gasteiger partial charge on any atom is -0.495 e. The van der Waals surface area contributed by atoms with Gasteiger partial charge < -0.3 is 10.1 Å². The Balaban J connectivity index is 1.81. The molecule has 1 atom stereocenters. The highest BCUT2D eigenvalue weighted by Crippen LogP contribution is 2.27. The zero-order valence-electron chi connectivity index (χ0n) is 16.8. The van der Waals surface area contributed by atoms with Crippen molar-refractivity contribution in [2.75, 3.05) is 7.11 Å². The first-order chi connectivity index (χ1) is 14.9. The smallest absolute Gasteiger partial charge is 0.241 e. The second-order valence-corrected chi connectivity index (χ2v) is 8.86. The van der Waals surface area contributed by atoms with Gasteiger partial charge in [-0.3, -0.25) is 9.78 Å². The van der Waals surface area contributed by atoms with E-state index < -0.39 is 22.0 Å². The van der Waals surface area contributed by atoms with Gasteiger partial charge in [-0.1, -0.05) is 48.0 Å². The maximum Gasteiger partial charge on any atom is 0.241 e. The Bertz CT molecular complexity index is 1130. The van der Waals surface area contributed by atoms with Gasteiger partial charge in [0.2, 0.25) is 15.9 Å². The summed E-state index contributed by atoms with van der Waals surface area (Å²) in [5.41, 5.74) is 1.62. The Kier molecular flexibility index (Phi) is 7.62. The van der Waals surface area contributed by atoms with Crippen LogP contribution in [0.4, 0.5) is 0 Å². The van der Waals surface area contributed by atoms with Gasteiger partial charge in [0.05, 0.1) is 17.0 Å². The van der Waals surface area contributed by atoms with Crippen molar-refractivity contribution in [1.82, 2.24) is 15.0 Å². The Hall–Kier alpha value is -2.94. The molecule has 1 amide bonds. The normalized spacial score (nSPS) is 12.2. The van der Waals surface area contributed by atoms with Crippen molar-refractivity contribution in [2.45, 2.75) is 23.9 Å². The average molecular weight is 460 g/mol. The molecule has 3 rings (SSSR count). The lowest BCUT2D eigenvalue weighted by atomic mass is 10.1. The van der Waals surface area contributed by atoms with Crippen molar-refractivity contribution in [1.29, 1.82) is 0 Å². The van der Waals surface area contributed by atoms with Crippen LogP contribution in [0.2, 0.25) is 5.02 Å². The van der Waals surface area contributed by atoms with Crippen LogP contribution in [-0.4, -0.2) is 32.5 Å². The molecule has 0 aliphatic rings. The molecule has 31 heavy (non-hydrogen) atoms. The molecule has 0 radical (unpaired) electrons. The number of pyridine rings is 1. The molecule has 2 N–H and O–H groups in total. The van der Waals surface area contributed by atoms with Gasteiger partial charge in [-0.25, -0.2) is 8.42 Å².